The van der Waals surface area contributed by atoms with Crippen LogP contribution < -0.4 is 15.6 Å². The minimum Gasteiger partial charge on any atom is -0.492 e. The molecule has 7 nitrogen and oxygen atoms in total. The van der Waals surface area contributed by atoms with E-state index < -0.39 is 24.4 Å². The fourth-order valence-electron chi connectivity index (χ4n) is 2.05. The lowest BCUT2D eigenvalue weighted by Gasteiger charge is -2.09. The molecule has 0 heterocycles. The fraction of sp³-hybridized carbons (Fsp3) is 0.211. The number of amides is 2. The number of rotatable bonds is 8. The van der Waals surface area contributed by atoms with Gasteiger partial charge in [0.25, 0.3) is 11.8 Å². The number of hydrazine groups is 1. The molecule has 0 bridgehead atoms. The van der Waals surface area contributed by atoms with E-state index in [1.165, 1.54) is 12.1 Å². The SMILES string of the molecule is O=C(COC(=O)CCCOc1ccc(Cl)cc1Cl)NNC(=O)c1ccc(Cl)cc1. The Labute approximate surface area is 182 Å². The molecule has 0 saturated carbocycles. The van der Waals surface area contributed by atoms with Crippen molar-refractivity contribution in [2.75, 3.05) is 13.2 Å². The number of carbonyl (C=O) groups excluding carboxylic acids is 3. The van der Waals surface area contributed by atoms with Crippen molar-refractivity contribution >= 4 is 52.6 Å². The Hall–Kier alpha value is -2.48. The van der Waals surface area contributed by atoms with Crippen molar-refractivity contribution in [1.29, 1.82) is 0 Å². The Bertz CT molecular complexity index is 875. The van der Waals surface area contributed by atoms with E-state index in [1.54, 1.807) is 30.3 Å². The van der Waals surface area contributed by atoms with Gasteiger partial charge in [-0.3, -0.25) is 25.2 Å². The molecule has 0 spiro atoms. The number of esters is 1. The normalized spacial score (nSPS) is 10.2. The third kappa shape index (κ3) is 8.19. The molecular formula is C19H17Cl3N2O5. The van der Waals surface area contributed by atoms with E-state index in [1.807, 2.05) is 0 Å². The number of hydrogen-bond donors (Lipinski definition) is 2. The summed E-state index contributed by atoms with van der Waals surface area (Å²) in [5.41, 5.74) is 4.67. The monoisotopic (exact) mass is 458 g/mol. The van der Waals surface area contributed by atoms with Crippen LogP contribution in [0.5, 0.6) is 5.75 Å². The van der Waals surface area contributed by atoms with E-state index in [0.29, 0.717) is 32.8 Å². The molecule has 10 heteroatoms. The minimum atomic E-state index is -0.676. The third-order valence-electron chi connectivity index (χ3n) is 3.46. The molecule has 0 fully saturated rings. The summed E-state index contributed by atoms with van der Waals surface area (Å²) in [5.74, 6) is -1.32. The quantitative estimate of drug-likeness (QED) is 0.356. The highest BCUT2D eigenvalue weighted by atomic mass is 35.5. The Morgan fingerprint density at radius 3 is 2.28 bits per heavy atom. The molecule has 2 amide bonds. The van der Waals surface area contributed by atoms with Gasteiger partial charge in [0, 0.05) is 22.0 Å². The van der Waals surface area contributed by atoms with E-state index in [4.69, 9.17) is 44.3 Å². The summed E-state index contributed by atoms with van der Waals surface area (Å²) in [6, 6.07) is 10.9. The van der Waals surface area contributed by atoms with E-state index >= 15 is 0 Å². The van der Waals surface area contributed by atoms with Crippen LogP contribution in [0, 0.1) is 0 Å². The Balaban J connectivity index is 1.60. The van der Waals surface area contributed by atoms with Crippen LogP contribution in [0.2, 0.25) is 15.1 Å². The first-order valence-electron chi connectivity index (χ1n) is 8.43. The van der Waals surface area contributed by atoms with Gasteiger partial charge < -0.3 is 9.47 Å². The predicted octanol–water partition coefficient (Wildman–Crippen LogP) is 3.81. The summed E-state index contributed by atoms with van der Waals surface area (Å²) >= 11 is 17.5. The number of hydrogen-bond acceptors (Lipinski definition) is 5. The van der Waals surface area contributed by atoms with Crippen molar-refractivity contribution in [2.45, 2.75) is 12.8 Å². The van der Waals surface area contributed by atoms with Gasteiger partial charge in [-0.15, -0.1) is 0 Å². The number of nitrogens with one attached hydrogen (secondary N) is 2. The molecule has 0 unspecified atom stereocenters. The van der Waals surface area contributed by atoms with Gasteiger partial charge in [0.15, 0.2) is 6.61 Å². The van der Waals surface area contributed by atoms with Crippen LogP contribution in [0.1, 0.15) is 23.2 Å². The Morgan fingerprint density at radius 2 is 1.59 bits per heavy atom. The van der Waals surface area contributed by atoms with Gasteiger partial charge in [-0.1, -0.05) is 34.8 Å². The first-order valence-corrected chi connectivity index (χ1v) is 9.57. The summed E-state index contributed by atoms with van der Waals surface area (Å²) < 4.78 is 10.3. The Morgan fingerprint density at radius 1 is 0.897 bits per heavy atom. The molecule has 0 aliphatic carbocycles. The van der Waals surface area contributed by atoms with Crippen molar-refractivity contribution in [3.63, 3.8) is 0 Å². The van der Waals surface area contributed by atoms with Crippen LogP contribution in [-0.2, 0) is 14.3 Å². The summed E-state index contributed by atoms with van der Waals surface area (Å²) in [6.07, 6.45) is 0.419. The first-order chi connectivity index (χ1) is 13.8. The molecule has 2 rings (SSSR count). The van der Waals surface area contributed by atoms with Crippen molar-refractivity contribution in [2.24, 2.45) is 0 Å². The lowest BCUT2D eigenvalue weighted by Crippen LogP contribution is -2.43. The smallest absolute Gasteiger partial charge is 0.306 e. The zero-order valence-corrected chi connectivity index (χ0v) is 17.3. The second-order valence-electron chi connectivity index (χ2n) is 5.70. The highest BCUT2D eigenvalue weighted by Crippen LogP contribution is 2.27. The number of benzene rings is 2. The third-order valence-corrected chi connectivity index (χ3v) is 4.25. The highest BCUT2D eigenvalue weighted by molar-refractivity contribution is 6.35. The summed E-state index contributed by atoms with van der Waals surface area (Å²) in [4.78, 5) is 35.1. The number of carbonyl (C=O) groups is 3. The van der Waals surface area contributed by atoms with Gasteiger partial charge in [-0.2, -0.15) is 0 Å². The van der Waals surface area contributed by atoms with Gasteiger partial charge in [-0.05, 0) is 48.9 Å². The lowest BCUT2D eigenvalue weighted by molar-refractivity contribution is -0.148. The van der Waals surface area contributed by atoms with E-state index in [2.05, 4.69) is 10.9 Å². The van der Waals surface area contributed by atoms with Crippen molar-refractivity contribution < 1.29 is 23.9 Å². The lowest BCUT2D eigenvalue weighted by atomic mass is 10.2. The van der Waals surface area contributed by atoms with Gasteiger partial charge in [-0.25, -0.2) is 0 Å². The van der Waals surface area contributed by atoms with Crippen LogP contribution in [-0.4, -0.2) is 31.0 Å². The first kappa shape index (κ1) is 22.8. The zero-order valence-electron chi connectivity index (χ0n) is 15.0. The van der Waals surface area contributed by atoms with Gasteiger partial charge in [0.05, 0.1) is 11.6 Å². The van der Waals surface area contributed by atoms with Gasteiger partial charge in [0.2, 0.25) is 0 Å². The second-order valence-corrected chi connectivity index (χ2v) is 6.98. The maximum atomic E-state index is 11.8. The predicted molar refractivity (Wildman–Crippen MR) is 109 cm³/mol. The zero-order chi connectivity index (χ0) is 21.2. The molecule has 29 heavy (non-hydrogen) atoms. The molecule has 0 radical (unpaired) electrons. The summed E-state index contributed by atoms with van der Waals surface area (Å²) in [7, 11) is 0. The van der Waals surface area contributed by atoms with E-state index in [-0.39, 0.29) is 13.0 Å². The van der Waals surface area contributed by atoms with E-state index in [9.17, 15) is 14.4 Å². The summed E-state index contributed by atoms with van der Waals surface area (Å²) in [6.45, 7) is -0.288. The maximum Gasteiger partial charge on any atom is 0.306 e. The van der Waals surface area contributed by atoms with Crippen LogP contribution in [0.25, 0.3) is 0 Å². The van der Waals surface area contributed by atoms with Crippen LogP contribution in [0.3, 0.4) is 0 Å². The highest BCUT2D eigenvalue weighted by Gasteiger charge is 2.10. The van der Waals surface area contributed by atoms with Gasteiger partial charge >= 0.3 is 5.97 Å². The van der Waals surface area contributed by atoms with Crippen molar-refractivity contribution in [1.82, 2.24) is 10.9 Å². The molecule has 2 aromatic rings. The topological polar surface area (TPSA) is 93.7 Å². The Kier molecular flexibility index (Phi) is 9.05. The average Bonchev–Trinajstić information content (AvgIpc) is 2.69. The second kappa shape index (κ2) is 11.5. The van der Waals surface area contributed by atoms with Crippen LogP contribution in [0.15, 0.2) is 42.5 Å². The largest absolute Gasteiger partial charge is 0.492 e. The number of halogens is 3. The molecule has 154 valence electrons. The standard InChI is InChI=1S/C19H17Cl3N2O5/c20-13-5-3-12(4-6-13)19(27)24-23-17(25)11-29-18(26)2-1-9-28-16-8-7-14(21)10-15(16)22/h3-8,10H,1-2,9,11H2,(H,23,25)(H,24,27). The minimum absolute atomic E-state index is 0.0512. The number of ether oxygens (including phenoxy) is 2. The molecule has 0 aliphatic heterocycles. The maximum absolute atomic E-state index is 11.8. The molecule has 0 aromatic heterocycles. The molecule has 2 aromatic carbocycles. The molecule has 0 saturated heterocycles. The average molecular weight is 460 g/mol. The fourth-order valence-corrected chi connectivity index (χ4v) is 2.63. The molecular weight excluding hydrogens is 443 g/mol. The van der Waals surface area contributed by atoms with Crippen molar-refractivity contribution in [3.8, 4) is 5.75 Å². The van der Waals surface area contributed by atoms with Gasteiger partial charge in [0.1, 0.15) is 5.75 Å². The molecule has 0 aliphatic rings. The van der Waals surface area contributed by atoms with Crippen LogP contribution >= 0.6 is 34.8 Å². The van der Waals surface area contributed by atoms with Crippen molar-refractivity contribution in [3.05, 3.63) is 63.1 Å². The molecule has 0 atom stereocenters. The molecule has 2 N–H and O–H groups in total. The van der Waals surface area contributed by atoms with Crippen LogP contribution in [0.4, 0.5) is 0 Å². The van der Waals surface area contributed by atoms with E-state index in [0.717, 1.165) is 0 Å². The summed E-state index contributed by atoms with van der Waals surface area (Å²) in [5, 5.41) is 1.35.